The van der Waals surface area contributed by atoms with Crippen molar-refractivity contribution < 1.29 is 0 Å². The molecule has 3 heteroatoms. The van der Waals surface area contributed by atoms with Crippen molar-refractivity contribution in [1.29, 1.82) is 0 Å². The van der Waals surface area contributed by atoms with Crippen molar-refractivity contribution in [2.45, 2.75) is 38.1 Å². The van der Waals surface area contributed by atoms with Crippen LogP contribution >= 0.6 is 0 Å². The third-order valence-corrected chi connectivity index (χ3v) is 3.44. The average molecular weight is 197 g/mol. The summed E-state index contributed by atoms with van der Waals surface area (Å²) >= 11 is 0. The first-order chi connectivity index (χ1) is 6.84. The zero-order valence-electron chi connectivity index (χ0n) is 9.34. The van der Waals surface area contributed by atoms with E-state index in [1.807, 2.05) is 0 Å². The van der Waals surface area contributed by atoms with E-state index in [0.29, 0.717) is 0 Å². The van der Waals surface area contributed by atoms with E-state index >= 15 is 0 Å². The van der Waals surface area contributed by atoms with Crippen molar-refractivity contribution in [1.82, 2.24) is 15.3 Å². The van der Waals surface area contributed by atoms with Crippen LogP contribution in [0.5, 0.6) is 0 Å². The molecule has 82 valence electrons. The summed E-state index contributed by atoms with van der Waals surface area (Å²) in [5.41, 5.74) is 3.68. The maximum Gasteiger partial charge on any atom is 0.0239 e. The van der Waals surface area contributed by atoms with Crippen LogP contribution in [0.25, 0.3) is 0 Å². The Bertz CT molecular complexity index is 158. The number of piperidine rings is 2. The summed E-state index contributed by atoms with van der Waals surface area (Å²) in [6, 6.07) is 0.740. The van der Waals surface area contributed by atoms with Crippen molar-refractivity contribution in [3.05, 3.63) is 0 Å². The number of likely N-dealkylation sites (tertiary alicyclic amines) is 1. The fraction of sp³-hybridized carbons (Fsp3) is 1.00. The Kier molecular flexibility index (Phi) is 3.79. The van der Waals surface area contributed by atoms with E-state index in [2.05, 4.69) is 22.4 Å². The Morgan fingerprint density at radius 2 is 1.57 bits per heavy atom. The fourth-order valence-electron chi connectivity index (χ4n) is 2.42. The topological polar surface area (TPSA) is 18.5 Å². The summed E-state index contributed by atoms with van der Waals surface area (Å²) in [6.07, 6.45) is 6.80. The molecule has 2 fully saturated rings. The molecule has 2 heterocycles. The Hall–Kier alpha value is -0.120. The van der Waals surface area contributed by atoms with Gasteiger partial charge in [-0.1, -0.05) is 6.42 Å². The first kappa shape index (κ1) is 10.4. The lowest BCUT2D eigenvalue weighted by Gasteiger charge is -2.35. The summed E-state index contributed by atoms with van der Waals surface area (Å²) in [5, 5.41) is 2.44. The second-order valence-electron chi connectivity index (χ2n) is 4.75. The molecule has 2 aliphatic heterocycles. The number of hydrogen-bond acceptors (Lipinski definition) is 3. The molecule has 2 aliphatic rings. The highest BCUT2D eigenvalue weighted by Crippen LogP contribution is 2.11. The Balaban J connectivity index is 1.68. The van der Waals surface area contributed by atoms with Gasteiger partial charge < -0.3 is 4.90 Å². The zero-order valence-corrected chi connectivity index (χ0v) is 9.34. The normalized spacial score (nSPS) is 28.1. The van der Waals surface area contributed by atoms with Gasteiger partial charge in [-0.3, -0.25) is 5.43 Å². The summed E-state index contributed by atoms with van der Waals surface area (Å²) in [4.78, 5) is 2.42. The SMILES string of the molecule is CN1CCC(NN2CCCCC2)CC1. The predicted molar refractivity (Wildman–Crippen MR) is 59.1 cm³/mol. The van der Waals surface area contributed by atoms with Crippen LogP contribution in [0.1, 0.15) is 32.1 Å². The standard InChI is InChI=1S/C11H23N3/c1-13-9-5-11(6-10-13)12-14-7-3-2-4-8-14/h11-12H,2-10H2,1H3. The molecule has 0 aliphatic carbocycles. The van der Waals surface area contributed by atoms with E-state index in [1.165, 1.54) is 58.3 Å². The lowest BCUT2D eigenvalue weighted by atomic mass is 10.1. The molecule has 1 N–H and O–H groups in total. The van der Waals surface area contributed by atoms with Gasteiger partial charge in [0.25, 0.3) is 0 Å². The van der Waals surface area contributed by atoms with Gasteiger partial charge in [0.05, 0.1) is 0 Å². The predicted octanol–water partition coefficient (Wildman–Crippen LogP) is 1.07. The van der Waals surface area contributed by atoms with Crippen LogP contribution in [0.3, 0.4) is 0 Å². The molecule has 0 aromatic carbocycles. The van der Waals surface area contributed by atoms with Gasteiger partial charge in [0, 0.05) is 19.1 Å². The molecule has 14 heavy (non-hydrogen) atoms. The molecule has 0 aromatic rings. The molecule has 0 radical (unpaired) electrons. The van der Waals surface area contributed by atoms with Crippen LogP contribution in [0, 0.1) is 0 Å². The van der Waals surface area contributed by atoms with Crippen LogP contribution in [-0.2, 0) is 0 Å². The molecule has 0 spiro atoms. The van der Waals surface area contributed by atoms with Gasteiger partial charge in [-0.05, 0) is 45.8 Å². The minimum Gasteiger partial charge on any atom is -0.306 e. The summed E-state index contributed by atoms with van der Waals surface area (Å²) in [6.45, 7) is 5.02. The van der Waals surface area contributed by atoms with Gasteiger partial charge >= 0.3 is 0 Å². The largest absolute Gasteiger partial charge is 0.306 e. The Labute approximate surface area is 87.4 Å². The molecule has 0 amide bonds. The fourth-order valence-corrected chi connectivity index (χ4v) is 2.42. The smallest absolute Gasteiger partial charge is 0.0239 e. The quantitative estimate of drug-likeness (QED) is 0.714. The van der Waals surface area contributed by atoms with E-state index in [0.717, 1.165) is 6.04 Å². The van der Waals surface area contributed by atoms with Crippen LogP contribution in [0.2, 0.25) is 0 Å². The number of rotatable bonds is 2. The highest BCUT2D eigenvalue weighted by Gasteiger charge is 2.19. The number of hydrazine groups is 1. The minimum absolute atomic E-state index is 0.740. The molecular formula is C11H23N3. The minimum atomic E-state index is 0.740. The second kappa shape index (κ2) is 5.10. The zero-order chi connectivity index (χ0) is 9.80. The van der Waals surface area contributed by atoms with E-state index in [4.69, 9.17) is 0 Å². The van der Waals surface area contributed by atoms with E-state index in [-0.39, 0.29) is 0 Å². The first-order valence-electron chi connectivity index (χ1n) is 6.04. The number of hydrogen-bond donors (Lipinski definition) is 1. The summed E-state index contributed by atoms with van der Waals surface area (Å²) < 4.78 is 0. The van der Waals surface area contributed by atoms with Crippen LogP contribution < -0.4 is 5.43 Å². The molecule has 0 bridgehead atoms. The first-order valence-corrected chi connectivity index (χ1v) is 6.04. The molecule has 0 saturated carbocycles. The molecule has 2 rings (SSSR count). The molecular weight excluding hydrogens is 174 g/mol. The maximum absolute atomic E-state index is 3.68. The molecule has 2 saturated heterocycles. The van der Waals surface area contributed by atoms with Crippen molar-refractivity contribution >= 4 is 0 Å². The van der Waals surface area contributed by atoms with E-state index < -0.39 is 0 Å². The van der Waals surface area contributed by atoms with Crippen LogP contribution in [-0.4, -0.2) is 49.2 Å². The van der Waals surface area contributed by atoms with Gasteiger partial charge in [-0.25, -0.2) is 5.01 Å². The monoisotopic (exact) mass is 197 g/mol. The number of nitrogens with zero attached hydrogens (tertiary/aromatic N) is 2. The van der Waals surface area contributed by atoms with Gasteiger partial charge in [-0.15, -0.1) is 0 Å². The number of nitrogens with one attached hydrogen (secondary N) is 1. The van der Waals surface area contributed by atoms with Crippen LogP contribution in [0.4, 0.5) is 0 Å². The van der Waals surface area contributed by atoms with Gasteiger partial charge in [0.15, 0.2) is 0 Å². The van der Waals surface area contributed by atoms with E-state index in [1.54, 1.807) is 0 Å². The van der Waals surface area contributed by atoms with Gasteiger partial charge in [-0.2, -0.15) is 0 Å². The second-order valence-corrected chi connectivity index (χ2v) is 4.75. The highest BCUT2D eigenvalue weighted by atomic mass is 15.5. The highest BCUT2D eigenvalue weighted by molar-refractivity contribution is 4.75. The molecule has 0 aromatic heterocycles. The van der Waals surface area contributed by atoms with Gasteiger partial charge in [0.1, 0.15) is 0 Å². The molecule has 0 unspecified atom stereocenters. The summed E-state index contributed by atoms with van der Waals surface area (Å²) in [5.74, 6) is 0. The van der Waals surface area contributed by atoms with E-state index in [9.17, 15) is 0 Å². The maximum atomic E-state index is 3.68. The summed E-state index contributed by atoms with van der Waals surface area (Å²) in [7, 11) is 2.22. The molecule has 3 nitrogen and oxygen atoms in total. The molecule has 0 atom stereocenters. The van der Waals surface area contributed by atoms with Crippen molar-refractivity contribution in [2.75, 3.05) is 33.2 Å². The van der Waals surface area contributed by atoms with Crippen molar-refractivity contribution in [2.24, 2.45) is 0 Å². The third-order valence-electron chi connectivity index (χ3n) is 3.44. The third kappa shape index (κ3) is 2.94. The lowest BCUT2D eigenvalue weighted by molar-refractivity contribution is 0.0999. The average Bonchev–Trinajstić information content (AvgIpc) is 2.23. The van der Waals surface area contributed by atoms with Gasteiger partial charge in [0.2, 0.25) is 0 Å². The Morgan fingerprint density at radius 3 is 2.21 bits per heavy atom. The lowest BCUT2D eigenvalue weighted by Crippen LogP contribution is -2.50. The van der Waals surface area contributed by atoms with Crippen molar-refractivity contribution in [3.8, 4) is 0 Å². The van der Waals surface area contributed by atoms with Crippen LogP contribution in [0.15, 0.2) is 0 Å². The van der Waals surface area contributed by atoms with Crippen molar-refractivity contribution in [3.63, 3.8) is 0 Å². The Morgan fingerprint density at radius 1 is 0.929 bits per heavy atom.